The lowest BCUT2D eigenvalue weighted by atomic mass is 10.2. The van der Waals surface area contributed by atoms with Crippen molar-refractivity contribution in [1.82, 2.24) is 10.1 Å². The number of aryl methyl sites for hydroxylation is 1. The number of ether oxygens (including phenoxy) is 1. The van der Waals surface area contributed by atoms with Crippen LogP contribution < -0.4 is 10.1 Å². The number of likely N-dealkylation sites (N-methyl/N-ethyl adjacent to an activating group) is 1. The number of anilines is 1. The van der Waals surface area contributed by atoms with Gasteiger partial charge in [-0.25, -0.2) is 0 Å². The van der Waals surface area contributed by atoms with E-state index in [2.05, 4.69) is 24.3 Å². The molecule has 0 aliphatic heterocycles. The largest absolute Gasteiger partial charge is 0.493 e. The Morgan fingerprint density at radius 2 is 2.04 bits per heavy atom. The molecule has 1 heterocycles. The molecule has 0 radical (unpaired) electrons. The van der Waals surface area contributed by atoms with E-state index < -0.39 is 11.8 Å². The number of carbonyl (C=O) groups is 2. The molecule has 7 nitrogen and oxygen atoms in total. The van der Waals surface area contributed by atoms with Gasteiger partial charge >= 0.3 is 11.8 Å². The molecule has 0 aliphatic carbocycles. The third kappa shape index (κ3) is 5.34. The predicted octanol–water partition coefficient (Wildman–Crippen LogP) is 2.61. The maximum atomic E-state index is 12.3. The first-order valence-corrected chi connectivity index (χ1v) is 8.07. The van der Waals surface area contributed by atoms with Gasteiger partial charge in [-0.2, -0.15) is 0 Å². The van der Waals surface area contributed by atoms with Gasteiger partial charge in [0.2, 0.25) is 0 Å². The molecule has 1 N–H and O–H groups in total. The van der Waals surface area contributed by atoms with Gasteiger partial charge in [0.15, 0.2) is 5.82 Å². The summed E-state index contributed by atoms with van der Waals surface area (Å²) in [4.78, 5) is 25.6. The van der Waals surface area contributed by atoms with Gasteiger partial charge in [-0.05, 0) is 18.9 Å². The summed E-state index contributed by atoms with van der Waals surface area (Å²) < 4.78 is 10.6. The molecule has 0 spiro atoms. The lowest BCUT2D eigenvalue weighted by molar-refractivity contribution is -0.142. The fourth-order valence-corrected chi connectivity index (χ4v) is 2.13. The average molecular weight is 345 g/mol. The Kier molecular flexibility index (Phi) is 6.16. The van der Waals surface area contributed by atoms with E-state index in [0.717, 1.165) is 5.56 Å². The smallest absolute Gasteiger partial charge is 0.315 e. The third-order valence-corrected chi connectivity index (χ3v) is 3.36. The maximum absolute atomic E-state index is 12.3. The van der Waals surface area contributed by atoms with Crippen LogP contribution in [-0.2, 0) is 16.1 Å². The van der Waals surface area contributed by atoms with Crippen molar-refractivity contribution in [2.24, 2.45) is 5.92 Å². The number of nitrogens with zero attached hydrogens (tertiary/aromatic N) is 2. The zero-order valence-electron chi connectivity index (χ0n) is 14.9. The van der Waals surface area contributed by atoms with Crippen molar-refractivity contribution >= 4 is 17.6 Å². The monoisotopic (exact) mass is 345 g/mol. The van der Waals surface area contributed by atoms with E-state index in [1.165, 1.54) is 4.90 Å². The summed E-state index contributed by atoms with van der Waals surface area (Å²) in [5.74, 6) is 0.431. The molecule has 2 rings (SSSR count). The van der Waals surface area contributed by atoms with Gasteiger partial charge in [-0.15, -0.1) is 0 Å². The molecule has 0 bridgehead atoms. The molecule has 134 valence electrons. The number of hydrogen-bond donors (Lipinski definition) is 1. The van der Waals surface area contributed by atoms with Crippen LogP contribution in [0.4, 0.5) is 5.82 Å². The van der Waals surface area contributed by atoms with Crippen LogP contribution in [0.15, 0.2) is 34.9 Å². The quantitative estimate of drug-likeness (QED) is 0.814. The van der Waals surface area contributed by atoms with Gasteiger partial charge in [0.1, 0.15) is 11.5 Å². The number of nitrogens with one attached hydrogen (secondary N) is 1. The minimum Gasteiger partial charge on any atom is -0.493 e. The predicted molar refractivity (Wildman–Crippen MR) is 93.1 cm³/mol. The number of benzene rings is 1. The molecular formula is C18H23N3O4. The van der Waals surface area contributed by atoms with Crippen molar-refractivity contribution in [3.8, 4) is 5.75 Å². The van der Waals surface area contributed by atoms with Gasteiger partial charge in [0.05, 0.1) is 6.61 Å². The summed E-state index contributed by atoms with van der Waals surface area (Å²) in [6.07, 6.45) is 0. The second-order valence-corrected chi connectivity index (χ2v) is 6.25. The Morgan fingerprint density at radius 3 is 2.68 bits per heavy atom. The third-order valence-electron chi connectivity index (χ3n) is 3.36. The SMILES string of the molecule is Cc1cc(NC(=O)C(=O)N(C)Cc2ccccc2OCC(C)C)no1. The fraction of sp³-hybridized carbons (Fsp3) is 0.389. The molecule has 2 aromatic rings. The lowest BCUT2D eigenvalue weighted by Gasteiger charge is -2.19. The Balaban J connectivity index is 1.99. The van der Waals surface area contributed by atoms with Gasteiger partial charge in [-0.3, -0.25) is 14.9 Å². The molecule has 0 fully saturated rings. The van der Waals surface area contributed by atoms with Crippen LogP contribution in [0.25, 0.3) is 0 Å². The maximum Gasteiger partial charge on any atom is 0.315 e. The van der Waals surface area contributed by atoms with Crippen molar-refractivity contribution in [3.63, 3.8) is 0 Å². The number of aromatic nitrogens is 1. The molecular weight excluding hydrogens is 322 g/mol. The lowest BCUT2D eigenvalue weighted by Crippen LogP contribution is -2.36. The number of carbonyl (C=O) groups excluding carboxylic acids is 2. The highest BCUT2D eigenvalue weighted by atomic mass is 16.5. The molecule has 0 saturated carbocycles. The van der Waals surface area contributed by atoms with Crippen LogP contribution in [0.2, 0.25) is 0 Å². The molecule has 2 amide bonds. The highest BCUT2D eigenvalue weighted by Crippen LogP contribution is 2.20. The van der Waals surface area contributed by atoms with E-state index in [9.17, 15) is 9.59 Å². The summed E-state index contributed by atoms with van der Waals surface area (Å²) >= 11 is 0. The summed E-state index contributed by atoms with van der Waals surface area (Å²) in [6.45, 7) is 6.67. The molecule has 0 saturated heterocycles. The molecule has 1 aromatic heterocycles. The first-order valence-electron chi connectivity index (χ1n) is 8.07. The molecule has 0 aliphatic rings. The first-order chi connectivity index (χ1) is 11.9. The van der Waals surface area contributed by atoms with Crippen LogP contribution >= 0.6 is 0 Å². The fourth-order valence-electron chi connectivity index (χ4n) is 2.13. The number of hydrogen-bond acceptors (Lipinski definition) is 5. The van der Waals surface area contributed by atoms with E-state index in [-0.39, 0.29) is 12.4 Å². The van der Waals surface area contributed by atoms with Crippen molar-refractivity contribution in [2.45, 2.75) is 27.3 Å². The van der Waals surface area contributed by atoms with Crippen LogP contribution in [0.3, 0.4) is 0 Å². The minimum absolute atomic E-state index is 0.213. The number of para-hydroxylation sites is 1. The summed E-state index contributed by atoms with van der Waals surface area (Å²) in [7, 11) is 1.56. The Hall–Kier alpha value is -2.83. The molecule has 0 atom stereocenters. The van der Waals surface area contributed by atoms with E-state index in [0.29, 0.717) is 24.0 Å². The van der Waals surface area contributed by atoms with Gasteiger partial charge < -0.3 is 14.2 Å². The standard InChI is InChI=1S/C18H23N3O4/c1-12(2)11-24-15-8-6-5-7-14(15)10-21(4)18(23)17(22)19-16-9-13(3)25-20-16/h5-9,12H,10-11H2,1-4H3,(H,19,20,22). The normalized spacial score (nSPS) is 10.6. The second kappa shape index (κ2) is 8.32. The van der Waals surface area contributed by atoms with Gasteiger partial charge in [-0.1, -0.05) is 37.2 Å². The molecule has 0 unspecified atom stereocenters. The Morgan fingerprint density at radius 1 is 1.32 bits per heavy atom. The van der Waals surface area contributed by atoms with E-state index in [1.807, 2.05) is 24.3 Å². The number of amides is 2. The van der Waals surface area contributed by atoms with Gasteiger partial charge in [0.25, 0.3) is 0 Å². The average Bonchev–Trinajstić information content (AvgIpc) is 2.98. The minimum atomic E-state index is -0.767. The van der Waals surface area contributed by atoms with Crippen molar-refractivity contribution in [3.05, 3.63) is 41.7 Å². The summed E-state index contributed by atoms with van der Waals surface area (Å²) in [6, 6.07) is 9.02. The zero-order valence-corrected chi connectivity index (χ0v) is 14.9. The Bertz CT molecular complexity index is 739. The molecule has 25 heavy (non-hydrogen) atoms. The summed E-state index contributed by atoms with van der Waals surface area (Å²) in [5.41, 5.74) is 0.837. The van der Waals surface area contributed by atoms with E-state index >= 15 is 0 Å². The van der Waals surface area contributed by atoms with Crippen molar-refractivity contribution in [2.75, 3.05) is 19.0 Å². The molecule has 7 heteroatoms. The van der Waals surface area contributed by atoms with Crippen LogP contribution in [-0.4, -0.2) is 35.5 Å². The van der Waals surface area contributed by atoms with Crippen LogP contribution in [0, 0.1) is 12.8 Å². The van der Waals surface area contributed by atoms with Crippen molar-refractivity contribution < 1.29 is 18.8 Å². The Labute approximate surface area is 146 Å². The molecule has 1 aromatic carbocycles. The van der Waals surface area contributed by atoms with Crippen molar-refractivity contribution in [1.29, 1.82) is 0 Å². The second-order valence-electron chi connectivity index (χ2n) is 6.25. The topological polar surface area (TPSA) is 84.7 Å². The van der Waals surface area contributed by atoms with Crippen LogP contribution in [0.5, 0.6) is 5.75 Å². The van der Waals surface area contributed by atoms with E-state index in [4.69, 9.17) is 9.26 Å². The zero-order chi connectivity index (χ0) is 18.4. The van der Waals surface area contributed by atoms with Gasteiger partial charge in [0, 0.05) is 25.2 Å². The summed E-state index contributed by atoms with van der Waals surface area (Å²) in [5, 5.41) is 6.06. The number of rotatable bonds is 6. The van der Waals surface area contributed by atoms with E-state index in [1.54, 1.807) is 20.0 Å². The highest BCUT2D eigenvalue weighted by molar-refractivity contribution is 6.39. The highest BCUT2D eigenvalue weighted by Gasteiger charge is 2.21. The van der Waals surface area contributed by atoms with Crippen LogP contribution in [0.1, 0.15) is 25.2 Å². The first kappa shape index (κ1) is 18.5.